The molecule has 2 aromatic carbocycles. The summed E-state index contributed by atoms with van der Waals surface area (Å²) in [6, 6.07) is 13.8. The molecule has 0 aliphatic heterocycles. The Hall–Kier alpha value is -2.66. The van der Waals surface area contributed by atoms with Crippen molar-refractivity contribution in [2.24, 2.45) is 0 Å². The molecule has 0 heterocycles. The van der Waals surface area contributed by atoms with Gasteiger partial charge in [-0.3, -0.25) is 4.79 Å². The van der Waals surface area contributed by atoms with E-state index in [2.05, 4.69) is 10.6 Å². The van der Waals surface area contributed by atoms with E-state index in [0.717, 1.165) is 5.56 Å². The van der Waals surface area contributed by atoms with Gasteiger partial charge >= 0.3 is 6.03 Å². The summed E-state index contributed by atoms with van der Waals surface area (Å²) in [6.45, 7) is 2.02. The SMILES string of the molecule is COCc1ccc(NC(=O)Nc2cccc(C(C)=O)c2)cc1. The largest absolute Gasteiger partial charge is 0.380 e. The van der Waals surface area contributed by atoms with Gasteiger partial charge in [-0.05, 0) is 36.8 Å². The first-order valence-corrected chi connectivity index (χ1v) is 6.85. The number of methoxy groups -OCH3 is 1. The number of ether oxygens (including phenoxy) is 1. The Kier molecular flexibility index (Phi) is 5.27. The maximum atomic E-state index is 11.9. The first kappa shape index (κ1) is 15.7. The summed E-state index contributed by atoms with van der Waals surface area (Å²) >= 11 is 0. The van der Waals surface area contributed by atoms with Crippen molar-refractivity contribution >= 4 is 23.2 Å². The quantitative estimate of drug-likeness (QED) is 0.827. The van der Waals surface area contributed by atoms with E-state index in [0.29, 0.717) is 23.5 Å². The molecule has 0 aromatic heterocycles. The number of rotatable bonds is 5. The van der Waals surface area contributed by atoms with Crippen molar-refractivity contribution in [2.45, 2.75) is 13.5 Å². The van der Waals surface area contributed by atoms with Crippen LogP contribution in [0.25, 0.3) is 0 Å². The molecule has 2 amide bonds. The van der Waals surface area contributed by atoms with Crippen LogP contribution in [0.3, 0.4) is 0 Å². The number of hydrogen-bond donors (Lipinski definition) is 2. The predicted octanol–water partition coefficient (Wildman–Crippen LogP) is 3.68. The van der Waals surface area contributed by atoms with Crippen molar-refractivity contribution in [1.82, 2.24) is 0 Å². The number of benzene rings is 2. The highest BCUT2D eigenvalue weighted by Crippen LogP contribution is 2.13. The van der Waals surface area contributed by atoms with Gasteiger partial charge in [-0.15, -0.1) is 0 Å². The zero-order valence-electron chi connectivity index (χ0n) is 12.6. The number of amides is 2. The molecule has 0 fully saturated rings. The molecule has 0 radical (unpaired) electrons. The van der Waals surface area contributed by atoms with Gasteiger partial charge in [-0.25, -0.2) is 4.79 Å². The Balaban J connectivity index is 1.97. The van der Waals surface area contributed by atoms with Gasteiger partial charge in [0.15, 0.2) is 5.78 Å². The number of carbonyl (C=O) groups is 2. The number of urea groups is 1. The number of ketones is 1. The van der Waals surface area contributed by atoms with Gasteiger partial charge in [0, 0.05) is 24.0 Å². The number of carbonyl (C=O) groups excluding carboxylic acids is 2. The summed E-state index contributed by atoms with van der Waals surface area (Å²) in [4.78, 5) is 23.3. The summed E-state index contributed by atoms with van der Waals surface area (Å²) < 4.78 is 5.03. The molecule has 22 heavy (non-hydrogen) atoms. The third-order valence-corrected chi connectivity index (χ3v) is 3.05. The summed E-state index contributed by atoms with van der Waals surface area (Å²) in [5, 5.41) is 5.43. The van der Waals surface area contributed by atoms with E-state index in [4.69, 9.17) is 4.74 Å². The van der Waals surface area contributed by atoms with E-state index < -0.39 is 0 Å². The lowest BCUT2D eigenvalue weighted by molar-refractivity contribution is 0.101. The first-order chi connectivity index (χ1) is 10.6. The molecular formula is C17H18N2O3. The third-order valence-electron chi connectivity index (χ3n) is 3.05. The first-order valence-electron chi connectivity index (χ1n) is 6.85. The Morgan fingerprint density at radius 3 is 2.32 bits per heavy atom. The lowest BCUT2D eigenvalue weighted by Gasteiger charge is -2.09. The fraction of sp³-hybridized carbons (Fsp3) is 0.176. The minimum absolute atomic E-state index is 0.0437. The van der Waals surface area contributed by atoms with Crippen molar-refractivity contribution in [3.05, 3.63) is 59.7 Å². The van der Waals surface area contributed by atoms with Crippen molar-refractivity contribution < 1.29 is 14.3 Å². The van der Waals surface area contributed by atoms with E-state index in [1.54, 1.807) is 43.5 Å². The lowest BCUT2D eigenvalue weighted by atomic mass is 10.1. The highest BCUT2D eigenvalue weighted by Gasteiger charge is 2.05. The number of anilines is 2. The van der Waals surface area contributed by atoms with E-state index in [1.165, 1.54) is 6.92 Å². The fourth-order valence-electron chi connectivity index (χ4n) is 1.96. The Labute approximate surface area is 129 Å². The molecule has 0 bridgehead atoms. The summed E-state index contributed by atoms with van der Waals surface area (Å²) in [6.07, 6.45) is 0. The molecule has 114 valence electrons. The van der Waals surface area contributed by atoms with Crippen LogP contribution < -0.4 is 10.6 Å². The van der Waals surface area contributed by atoms with E-state index in [-0.39, 0.29) is 11.8 Å². The van der Waals surface area contributed by atoms with Crippen LogP contribution in [0.1, 0.15) is 22.8 Å². The zero-order valence-corrected chi connectivity index (χ0v) is 12.6. The van der Waals surface area contributed by atoms with Gasteiger partial charge in [0.05, 0.1) is 6.61 Å². The van der Waals surface area contributed by atoms with Crippen molar-refractivity contribution in [3.8, 4) is 0 Å². The van der Waals surface area contributed by atoms with Crippen LogP contribution >= 0.6 is 0 Å². The van der Waals surface area contributed by atoms with Gasteiger partial charge in [0.25, 0.3) is 0 Å². The molecule has 0 spiro atoms. The molecule has 0 aliphatic carbocycles. The van der Waals surface area contributed by atoms with E-state index >= 15 is 0 Å². The van der Waals surface area contributed by atoms with Gasteiger partial charge in [-0.2, -0.15) is 0 Å². The van der Waals surface area contributed by atoms with E-state index in [1.807, 2.05) is 12.1 Å². The second-order valence-corrected chi connectivity index (χ2v) is 4.85. The van der Waals surface area contributed by atoms with Crippen molar-refractivity contribution in [1.29, 1.82) is 0 Å². The number of nitrogens with one attached hydrogen (secondary N) is 2. The molecule has 0 saturated heterocycles. The topological polar surface area (TPSA) is 67.4 Å². The fourth-order valence-corrected chi connectivity index (χ4v) is 1.96. The molecule has 5 heteroatoms. The monoisotopic (exact) mass is 298 g/mol. The second kappa shape index (κ2) is 7.38. The predicted molar refractivity (Wildman–Crippen MR) is 86.2 cm³/mol. The summed E-state index contributed by atoms with van der Waals surface area (Å²) in [7, 11) is 1.63. The minimum Gasteiger partial charge on any atom is -0.380 e. The Morgan fingerprint density at radius 1 is 1.00 bits per heavy atom. The van der Waals surface area contributed by atoms with Crippen molar-refractivity contribution in [2.75, 3.05) is 17.7 Å². The maximum Gasteiger partial charge on any atom is 0.323 e. The van der Waals surface area contributed by atoms with Gasteiger partial charge < -0.3 is 15.4 Å². The minimum atomic E-state index is -0.361. The average Bonchev–Trinajstić information content (AvgIpc) is 2.49. The third kappa shape index (κ3) is 4.43. The highest BCUT2D eigenvalue weighted by molar-refractivity contribution is 6.01. The molecule has 2 aromatic rings. The molecule has 0 aliphatic rings. The van der Waals surface area contributed by atoms with Crippen LogP contribution in [-0.4, -0.2) is 18.9 Å². The molecule has 0 unspecified atom stereocenters. The molecular weight excluding hydrogens is 280 g/mol. The number of hydrogen-bond acceptors (Lipinski definition) is 3. The molecule has 2 N–H and O–H groups in total. The Bertz CT molecular complexity index is 666. The van der Waals surface area contributed by atoms with Gasteiger partial charge in [-0.1, -0.05) is 24.3 Å². The van der Waals surface area contributed by atoms with Gasteiger partial charge in [0.1, 0.15) is 0 Å². The molecule has 5 nitrogen and oxygen atoms in total. The van der Waals surface area contributed by atoms with Gasteiger partial charge in [0.2, 0.25) is 0 Å². The maximum absolute atomic E-state index is 11.9. The van der Waals surface area contributed by atoms with Crippen LogP contribution in [0.2, 0.25) is 0 Å². The second-order valence-electron chi connectivity index (χ2n) is 4.85. The summed E-state index contributed by atoms with van der Waals surface area (Å²) in [5.41, 5.74) is 2.84. The van der Waals surface area contributed by atoms with Crippen LogP contribution in [0.5, 0.6) is 0 Å². The van der Waals surface area contributed by atoms with Crippen LogP contribution in [0.4, 0.5) is 16.2 Å². The normalized spacial score (nSPS) is 10.1. The van der Waals surface area contributed by atoms with Crippen LogP contribution in [0.15, 0.2) is 48.5 Å². The number of Topliss-reactive ketones (excluding diaryl/α,β-unsaturated/α-hetero) is 1. The van der Waals surface area contributed by atoms with Crippen molar-refractivity contribution in [3.63, 3.8) is 0 Å². The molecule has 0 atom stereocenters. The smallest absolute Gasteiger partial charge is 0.323 e. The van der Waals surface area contributed by atoms with Crippen LogP contribution in [-0.2, 0) is 11.3 Å². The Morgan fingerprint density at radius 2 is 1.68 bits per heavy atom. The molecule has 2 rings (SSSR count). The standard InChI is InChI=1S/C17H18N2O3/c1-12(20)14-4-3-5-16(10-14)19-17(21)18-15-8-6-13(7-9-15)11-22-2/h3-10H,11H2,1-2H3,(H2,18,19,21). The zero-order chi connectivity index (χ0) is 15.9. The van der Waals surface area contributed by atoms with Crippen LogP contribution in [0, 0.1) is 0 Å². The average molecular weight is 298 g/mol. The highest BCUT2D eigenvalue weighted by atomic mass is 16.5. The summed E-state index contributed by atoms with van der Waals surface area (Å²) in [5.74, 6) is -0.0437. The van der Waals surface area contributed by atoms with E-state index in [9.17, 15) is 9.59 Å². The lowest BCUT2D eigenvalue weighted by Crippen LogP contribution is -2.19. The molecule has 0 saturated carbocycles.